The van der Waals surface area contributed by atoms with E-state index in [1.807, 2.05) is 76.2 Å². The van der Waals surface area contributed by atoms with Gasteiger partial charge in [-0.1, -0.05) is 17.7 Å². The van der Waals surface area contributed by atoms with Crippen molar-refractivity contribution in [3.05, 3.63) is 54.1 Å². The molecule has 0 aliphatic carbocycles. The summed E-state index contributed by atoms with van der Waals surface area (Å²) in [6, 6.07) is 15.3. The molecule has 2 N–H and O–H groups in total. The van der Waals surface area contributed by atoms with Gasteiger partial charge in [-0.2, -0.15) is 0 Å². The van der Waals surface area contributed by atoms with Crippen molar-refractivity contribution in [3.63, 3.8) is 0 Å². The summed E-state index contributed by atoms with van der Waals surface area (Å²) in [6.07, 6.45) is 0. The molecule has 0 aliphatic rings. The molecular formula is C19H24N2O2. The molecule has 0 fully saturated rings. The van der Waals surface area contributed by atoms with E-state index < -0.39 is 0 Å². The van der Waals surface area contributed by atoms with Gasteiger partial charge >= 0.3 is 0 Å². The van der Waals surface area contributed by atoms with Crippen molar-refractivity contribution in [1.29, 1.82) is 0 Å². The van der Waals surface area contributed by atoms with Gasteiger partial charge in [-0.25, -0.2) is 0 Å². The average Bonchev–Trinajstić information content (AvgIpc) is 2.51. The number of nitrogens with one attached hydrogen (secondary N) is 2. The Balaban J connectivity index is 1.94. The molecule has 0 heterocycles. The van der Waals surface area contributed by atoms with Gasteiger partial charge in [0.15, 0.2) is 0 Å². The van der Waals surface area contributed by atoms with E-state index in [1.165, 1.54) is 5.56 Å². The lowest BCUT2D eigenvalue weighted by Crippen LogP contribution is -2.40. The highest BCUT2D eigenvalue weighted by Crippen LogP contribution is 2.23. The zero-order valence-electron chi connectivity index (χ0n) is 14.1. The van der Waals surface area contributed by atoms with Crippen LogP contribution in [0.25, 0.3) is 0 Å². The quantitative estimate of drug-likeness (QED) is 0.844. The number of ether oxygens (including phenoxy) is 1. The summed E-state index contributed by atoms with van der Waals surface area (Å²) in [5.41, 5.74) is 2.08. The SMILES string of the molecule is Cc1ccc(Oc2ccc(N[C@H](C)C(=O)NC(C)C)cc2)cc1. The number of amides is 1. The highest BCUT2D eigenvalue weighted by Gasteiger charge is 2.13. The van der Waals surface area contributed by atoms with Crippen molar-refractivity contribution in [2.75, 3.05) is 5.32 Å². The van der Waals surface area contributed by atoms with E-state index in [9.17, 15) is 4.79 Å². The maximum Gasteiger partial charge on any atom is 0.242 e. The first-order valence-corrected chi connectivity index (χ1v) is 7.85. The van der Waals surface area contributed by atoms with Crippen LogP contribution in [-0.2, 0) is 4.79 Å². The van der Waals surface area contributed by atoms with Crippen LogP contribution in [0, 0.1) is 6.92 Å². The van der Waals surface area contributed by atoms with Gasteiger partial charge in [0.1, 0.15) is 17.5 Å². The second kappa shape index (κ2) is 7.68. The Labute approximate surface area is 137 Å². The van der Waals surface area contributed by atoms with Gasteiger partial charge in [0.2, 0.25) is 5.91 Å². The average molecular weight is 312 g/mol. The standard InChI is InChI=1S/C19H24N2O2/c1-13(2)20-19(22)15(4)21-16-7-11-18(12-8-16)23-17-9-5-14(3)6-10-17/h5-13,15,21H,1-4H3,(H,20,22)/t15-/m1/s1. The fraction of sp³-hybridized carbons (Fsp3) is 0.316. The molecule has 23 heavy (non-hydrogen) atoms. The third kappa shape index (κ3) is 5.33. The summed E-state index contributed by atoms with van der Waals surface area (Å²) >= 11 is 0. The number of carbonyl (C=O) groups is 1. The summed E-state index contributed by atoms with van der Waals surface area (Å²) in [4.78, 5) is 11.9. The zero-order valence-corrected chi connectivity index (χ0v) is 14.1. The van der Waals surface area contributed by atoms with Crippen LogP contribution >= 0.6 is 0 Å². The molecule has 0 bridgehead atoms. The lowest BCUT2D eigenvalue weighted by Gasteiger charge is -2.17. The summed E-state index contributed by atoms with van der Waals surface area (Å²) in [7, 11) is 0. The van der Waals surface area contributed by atoms with E-state index in [2.05, 4.69) is 10.6 Å². The van der Waals surface area contributed by atoms with Crippen LogP contribution in [0.15, 0.2) is 48.5 Å². The van der Waals surface area contributed by atoms with Gasteiger partial charge in [-0.3, -0.25) is 4.79 Å². The van der Waals surface area contributed by atoms with Gasteiger partial charge in [0.25, 0.3) is 0 Å². The Bertz CT molecular complexity index is 633. The summed E-state index contributed by atoms with van der Waals surface area (Å²) in [5, 5.41) is 6.06. The minimum absolute atomic E-state index is 0.0139. The molecule has 0 spiro atoms. The molecule has 0 unspecified atom stereocenters. The van der Waals surface area contributed by atoms with Crippen LogP contribution < -0.4 is 15.4 Å². The molecule has 1 atom stereocenters. The van der Waals surface area contributed by atoms with Crippen LogP contribution in [-0.4, -0.2) is 18.0 Å². The number of carbonyl (C=O) groups excluding carboxylic acids is 1. The molecule has 2 aromatic rings. The van der Waals surface area contributed by atoms with Gasteiger partial charge in [0.05, 0.1) is 0 Å². The topological polar surface area (TPSA) is 50.4 Å². The van der Waals surface area contributed by atoms with Gasteiger partial charge in [0, 0.05) is 11.7 Å². The van der Waals surface area contributed by atoms with Crippen molar-refractivity contribution >= 4 is 11.6 Å². The van der Waals surface area contributed by atoms with Crippen LogP contribution in [0.3, 0.4) is 0 Å². The van der Waals surface area contributed by atoms with E-state index in [-0.39, 0.29) is 18.0 Å². The molecule has 4 nitrogen and oxygen atoms in total. The fourth-order valence-corrected chi connectivity index (χ4v) is 2.09. The second-order valence-corrected chi connectivity index (χ2v) is 5.97. The lowest BCUT2D eigenvalue weighted by atomic mass is 10.2. The molecule has 1 amide bonds. The second-order valence-electron chi connectivity index (χ2n) is 5.97. The first-order valence-electron chi connectivity index (χ1n) is 7.85. The summed E-state index contributed by atoms with van der Waals surface area (Å²) in [6.45, 7) is 7.78. The molecule has 2 rings (SSSR count). The third-order valence-electron chi connectivity index (χ3n) is 3.32. The predicted molar refractivity (Wildman–Crippen MR) is 94.1 cm³/mol. The minimum Gasteiger partial charge on any atom is -0.457 e. The molecule has 2 aromatic carbocycles. The van der Waals surface area contributed by atoms with Crippen molar-refractivity contribution in [2.24, 2.45) is 0 Å². The number of hydrogen-bond acceptors (Lipinski definition) is 3. The largest absolute Gasteiger partial charge is 0.457 e. The number of rotatable bonds is 6. The van der Waals surface area contributed by atoms with Gasteiger partial charge < -0.3 is 15.4 Å². The maximum atomic E-state index is 11.9. The molecule has 0 saturated heterocycles. The summed E-state index contributed by atoms with van der Waals surface area (Å²) < 4.78 is 5.79. The molecule has 4 heteroatoms. The first-order chi connectivity index (χ1) is 10.9. The molecule has 122 valence electrons. The van der Waals surface area contributed by atoms with Crippen LogP contribution in [0.4, 0.5) is 5.69 Å². The Morgan fingerprint density at radius 1 is 0.913 bits per heavy atom. The molecular weight excluding hydrogens is 288 g/mol. The smallest absolute Gasteiger partial charge is 0.242 e. The Kier molecular flexibility index (Phi) is 5.63. The molecule has 0 saturated carbocycles. The van der Waals surface area contributed by atoms with Crippen LogP contribution in [0.1, 0.15) is 26.3 Å². The van der Waals surface area contributed by atoms with E-state index in [0.29, 0.717) is 0 Å². The maximum absolute atomic E-state index is 11.9. The molecule has 0 aromatic heterocycles. The van der Waals surface area contributed by atoms with Gasteiger partial charge in [-0.05, 0) is 64.1 Å². The highest BCUT2D eigenvalue weighted by atomic mass is 16.5. The zero-order chi connectivity index (χ0) is 16.8. The van der Waals surface area contributed by atoms with E-state index in [1.54, 1.807) is 0 Å². The Morgan fingerprint density at radius 2 is 1.43 bits per heavy atom. The van der Waals surface area contributed by atoms with Crippen LogP contribution in [0.5, 0.6) is 11.5 Å². The Hall–Kier alpha value is -2.49. The van der Waals surface area contributed by atoms with E-state index in [0.717, 1.165) is 17.2 Å². The van der Waals surface area contributed by atoms with Crippen molar-refractivity contribution in [1.82, 2.24) is 5.32 Å². The third-order valence-corrected chi connectivity index (χ3v) is 3.32. The highest BCUT2D eigenvalue weighted by molar-refractivity contribution is 5.84. The monoisotopic (exact) mass is 312 g/mol. The molecule has 0 radical (unpaired) electrons. The van der Waals surface area contributed by atoms with Crippen LogP contribution in [0.2, 0.25) is 0 Å². The Morgan fingerprint density at radius 3 is 1.96 bits per heavy atom. The van der Waals surface area contributed by atoms with E-state index in [4.69, 9.17) is 4.74 Å². The van der Waals surface area contributed by atoms with Crippen molar-refractivity contribution in [3.8, 4) is 11.5 Å². The number of aryl methyl sites for hydroxylation is 1. The fourth-order valence-electron chi connectivity index (χ4n) is 2.09. The predicted octanol–water partition coefficient (Wildman–Crippen LogP) is 4.11. The first kappa shape index (κ1) is 16.9. The van der Waals surface area contributed by atoms with Crippen molar-refractivity contribution in [2.45, 2.75) is 39.8 Å². The number of anilines is 1. The number of benzene rings is 2. The normalized spacial score (nSPS) is 11.9. The van der Waals surface area contributed by atoms with Gasteiger partial charge in [-0.15, -0.1) is 0 Å². The minimum atomic E-state index is -0.290. The number of hydrogen-bond donors (Lipinski definition) is 2. The van der Waals surface area contributed by atoms with E-state index >= 15 is 0 Å². The van der Waals surface area contributed by atoms with Crippen molar-refractivity contribution < 1.29 is 9.53 Å². The molecule has 0 aliphatic heterocycles. The lowest BCUT2D eigenvalue weighted by molar-refractivity contribution is -0.122. The summed E-state index contributed by atoms with van der Waals surface area (Å²) in [5.74, 6) is 1.56.